The molecule has 0 unspecified atom stereocenters. The van der Waals surface area contributed by atoms with E-state index in [0.29, 0.717) is 46.4 Å². The molecule has 6 aliphatic rings. The van der Waals surface area contributed by atoms with Gasteiger partial charge in [0.25, 0.3) is 34.4 Å². The van der Waals surface area contributed by atoms with Gasteiger partial charge in [-0.25, -0.2) is 29.9 Å². The fourth-order valence-electron chi connectivity index (χ4n) is 10.9. The normalized spacial score (nSPS) is 17.2. The van der Waals surface area contributed by atoms with E-state index in [4.69, 9.17) is 45.8 Å². The molecule has 3 aliphatic heterocycles. The van der Waals surface area contributed by atoms with Gasteiger partial charge in [-0.15, -0.1) is 0 Å². The van der Waals surface area contributed by atoms with E-state index in [0.717, 1.165) is 70.6 Å². The van der Waals surface area contributed by atoms with Gasteiger partial charge in [-0.05, 0) is 111 Å². The number of nitrogens with zero attached hydrogens (tertiary/aromatic N) is 12. The van der Waals surface area contributed by atoms with Crippen LogP contribution in [0, 0.1) is 34.0 Å². The van der Waals surface area contributed by atoms with Crippen molar-refractivity contribution in [2.75, 3.05) is 16.4 Å². The van der Waals surface area contributed by atoms with Crippen molar-refractivity contribution in [3.05, 3.63) is 140 Å². The molecule has 9 heterocycles. The van der Waals surface area contributed by atoms with Crippen LogP contribution in [-0.4, -0.2) is 61.3 Å². The molecule has 3 fully saturated rings. The first kappa shape index (κ1) is 55.5. The number of aromatic nitrogens is 9. The van der Waals surface area contributed by atoms with E-state index in [2.05, 4.69) is 72.4 Å². The molecular weight excluding hydrogens is 1150 g/mol. The number of hydrogen-bond acceptors (Lipinski definition) is 18. The van der Waals surface area contributed by atoms with E-state index >= 15 is 0 Å². The number of nitrogens with one attached hydrogen (secondary N) is 5. The number of hydrogen-bond donors (Lipinski definition) is 6. The van der Waals surface area contributed by atoms with Crippen LogP contribution in [-0.2, 0) is 17.0 Å². The third-order valence-electron chi connectivity index (χ3n) is 14.5. The Balaban J connectivity index is 0.000000135. The van der Waals surface area contributed by atoms with Crippen LogP contribution in [0.15, 0.2) is 74.6 Å². The average molecular weight is 1190 g/mol. The van der Waals surface area contributed by atoms with Gasteiger partial charge in [0.2, 0.25) is 0 Å². The molecule has 3 spiro atoms. The van der Waals surface area contributed by atoms with Crippen LogP contribution >= 0.6 is 50.7 Å². The summed E-state index contributed by atoms with van der Waals surface area (Å²) in [6.07, 6.45) is 21.3. The van der Waals surface area contributed by atoms with Gasteiger partial charge in [0.1, 0.15) is 105 Å². The lowest BCUT2D eigenvalue weighted by Crippen LogP contribution is -2.48. The van der Waals surface area contributed by atoms with E-state index in [1.54, 1.807) is 4.57 Å². The SMILES string of the molecule is N#Cc1cncnc1N.N#Cc1cncnc1Nc1cc(Cl)c2n(c1=O)C1(CCCCC1)NC2=O.N#Cc1cncnc1Nc1cc(Cl)c2n(c1=O)C1(CCCCC1)NC2=O.O=C1NC2(CCCCC2)n2c1c(Cl)cc(Br)c2=O. The lowest BCUT2D eigenvalue weighted by atomic mass is 9.89. The highest BCUT2D eigenvalue weighted by Crippen LogP contribution is 2.41. The van der Waals surface area contributed by atoms with E-state index in [9.17, 15) is 39.3 Å². The number of carbonyl (C=O) groups is 3. The summed E-state index contributed by atoms with van der Waals surface area (Å²) in [7, 11) is 0. The Bertz CT molecular complexity index is 3610. The number of fused-ring (bicyclic) bond motifs is 6. The van der Waals surface area contributed by atoms with Crippen molar-refractivity contribution in [1.82, 2.24) is 59.6 Å². The Morgan fingerprint density at radius 1 is 0.506 bits per heavy atom. The number of rotatable bonds is 4. The van der Waals surface area contributed by atoms with E-state index < -0.39 is 17.0 Å². The Labute approximate surface area is 472 Å². The fourth-order valence-corrected chi connectivity index (χ4v) is 12.3. The minimum Gasteiger partial charge on any atom is -0.382 e. The van der Waals surface area contributed by atoms with Crippen molar-refractivity contribution in [2.24, 2.45) is 0 Å². The zero-order chi connectivity index (χ0) is 56.2. The van der Waals surface area contributed by atoms with Gasteiger partial charge in [0.15, 0.2) is 11.6 Å². The van der Waals surface area contributed by atoms with Crippen LogP contribution in [0.3, 0.4) is 0 Å². The van der Waals surface area contributed by atoms with Crippen molar-refractivity contribution >= 4 is 97.3 Å². The van der Waals surface area contributed by atoms with Gasteiger partial charge >= 0.3 is 0 Å². The molecule has 7 N–H and O–H groups in total. The van der Waals surface area contributed by atoms with Crippen LogP contribution in [0.5, 0.6) is 0 Å². The Kier molecular flexibility index (Phi) is 16.1. The third kappa shape index (κ3) is 10.6. The fraction of sp³-hybridized carbons (Fsp3) is 0.353. The molecule has 3 saturated carbocycles. The van der Waals surface area contributed by atoms with Crippen LogP contribution in [0.4, 0.5) is 28.8 Å². The van der Waals surface area contributed by atoms with Crippen LogP contribution < -0.4 is 49.0 Å². The monoisotopic (exact) mass is 1190 g/mol. The average Bonchev–Trinajstić information content (AvgIpc) is 4.27. The number of pyridine rings is 3. The molecule has 404 valence electrons. The van der Waals surface area contributed by atoms with Crippen molar-refractivity contribution in [3.8, 4) is 18.2 Å². The Morgan fingerprint density at radius 2 is 0.835 bits per heavy atom. The minimum absolute atomic E-state index is 0.162. The largest absolute Gasteiger partial charge is 0.382 e. The number of nitriles is 3. The summed E-state index contributed by atoms with van der Waals surface area (Å²) in [4.78, 5) is 98.4. The first-order valence-electron chi connectivity index (χ1n) is 24.9. The minimum atomic E-state index is -0.729. The van der Waals surface area contributed by atoms with E-state index in [-0.39, 0.29) is 95.8 Å². The van der Waals surface area contributed by atoms with Crippen molar-refractivity contribution in [1.29, 1.82) is 15.8 Å². The van der Waals surface area contributed by atoms with Crippen LogP contribution in [0.2, 0.25) is 15.1 Å². The lowest BCUT2D eigenvalue weighted by molar-refractivity contribution is 0.0867. The Morgan fingerprint density at radius 3 is 1.18 bits per heavy atom. The molecule has 28 heteroatoms. The number of nitrogen functional groups attached to an aromatic ring is 1. The zero-order valence-corrected chi connectivity index (χ0v) is 45.6. The molecule has 24 nitrogen and oxygen atoms in total. The van der Waals surface area contributed by atoms with Gasteiger partial charge in [-0.1, -0.05) is 54.1 Å². The van der Waals surface area contributed by atoms with Crippen LogP contribution in [0.25, 0.3) is 0 Å². The Hall–Kier alpha value is -8.28. The predicted octanol–water partition coefficient (Wildman–Crippen LogP) is 7.09. The molecule has 0 aromatic carbocycles. The van der Waals surface area contributed by atoms with Gasteiger partial charge in [0, 0.05) is 0 Å². The highest BCUT2D eigenvalue weighted by Gasteiger charge is 2.48. The molecule has 0 bridgehead atoms. The maximum Gasteiger partial charge on any atom is 0.276 e. The summed E-state index contributed by atoms with van der Waals surface area (Å²) in [5.41, 5.74) is 4.04. The molecule has 0 saturated heterocycles. The first-order chi connectivity index (χ1) is 38.0. The van der Waals surface area contributed by atoms with Gasteiger partial charge < -0.3 is 32.3 Å². The molecule has 0 radical (unpaired) electrons. The lowest BCUT2D eigenvalue weighted by Gasteiger charge is -2.35. The highest BCUT2D eigenvalue weighted by molar-refractivity contribution is 9.10. The summed E-state index contributed by atoms with van der Waals surface area (Å²) in [5, 5.41) is 42.0. The molecule has 6 aromatic rings. The predicted molar refractivity (Wildman–Crippen MR) is 292 cm³/mol. The van der Waals surface area contributed by atoms with E-state index in [1.165, 1.54) is 64.9 Å². The number of halogens is 4. The quantitative estimate of drug-likeness (QED) is 0.103. The van der Waals surface area contributed by atoms with Crippen molar-refractivity contribution in [2.45, 2.75) is 113 Å². The maximum atomic E-state index is 13.2. The summed E-state index contributed by atoms with van der Waals surface area (Å²) >= 11 is 22.0. The summed E-state index contributed by atoms with van der Waals surface area (Å²) in [6.45, 7) is 0. The third-order valence-corrected chi connectivity index (χ3v) is 15.9. The summed E-state index contributed by atoms with van der Waals surface area (Å²) in [6, 6.07) is 10.1. The van der Waals surface area contributed by atoms with E-state index in [1.807, 2.05) is 18.2 Å². The standard InChI is InChI=1S/2C17H15ClN6O2.C12H12BrClN2O2.C5H4N4/c2*18-11-6-12(22-14-10(7-19)8-20-9-21-14)16(26)24-13(11)15(25)23-17(24)4-2-1-3-5-17;13-7-6-8(14)9-10(17)15-12(16(9)11(7)18)4-2-1-3-5-12;6-1-4-2-8-3-9-5(4)7/h2*6,8-9H,1-5H2,(H,23,25)(H,20,21,22);6H,1-5H2,(H,15,17);2-3H,(H2,7,8,9). The molecule has 0 atom stereocenters. The number of anilines is 5. The van der Waals surface area contributed by atoms with Crippen LogP contribution in [0.1, 0.15) is 144 Å². The highest BCUT2D eigenvalue weighted by atomic mass is 79.9. The second-order valence-electron chi connectivity index (χ2n) is 19.2. The number of amides is 3. The maximum absolute atomic E-state index is 13.2. The van der Waals surface area contributed by atoms with Gasteiger partial charge in [-0.2, -0.15) is 15.8 Å². The van der Waals surface area contributed by atoms with Crippen molar-refractivity contribution < 1.29 is 14.4 Å². The van der Waals surface area contributed by atoms with Gasteiger partial charge in [0.05, 0.1) is 38.1 Å². The topological polar surface area (TPSA) is 352 Å². The smallest absolute Gasteiger partial charge is 0.276 e. The second kappa shape index (κ2) is 23.0. The second-order valence-corrected chi connectivity index (χ2v) is 21.3. The number of nitrogens with two attached hydrogens (primary N) is 1. The van der Waals surface area contributed by atoms with Crippen molar-refractivity contribution in [3.63, 3.8) is 0 Å². The molecule has 3 amide bonds. The number of carbonyl (C=O) groups excluding carboxylic acids is 3. The summed E-state index contributed by atoms with van der Waals surface area (Å²) < 4.78 is 4.91. The first-order valence-corrected chi connectivity index (χ1v) is 26.8. The zero-order valence-electron chi connectivity index (χ0n) is 41.7. The molecule has 79 heavy (non-hydrogen) atoms. The molecule has 3 aliphatic carbocycles. The molecular formula is C51H46BrCl3N18O6. The molecule has 12 rings (SSSR count). The molecule has 6 aromatic heterocycles. The summed E-state index contributed by atoms with van der Waals surface area (Å²) in [5.74, 6) is -0.253. The van der Waals surface area contributed by atoms with Gasteiger partial charge in [-0.3, -0.25) is 42.5 Å².